The van der Waals surface area contributed by atoms with Crippen molar-refractivity contribution in [2.24, 2.45) is 5.92 Å². The fraction of sp³-hybridized carbons (Fsp3) is 0.571. The summed E-state index contributed by atoms with van der Waals surface area (Å²) in [5.41, 5.74) is 1.13. The first kappa shape index (κ1) is 15.3. The van der Waals surface area contributed by atoms with Crippen LogP contribution in [0.25, 0.3) is 0 Å². The van der Waals surface area contributed by atoms with Crippen molar-refractivity contribution >= 4 is 31.9 Å². The molecule has 0 aromatic heterocycles. The van der Waals surface area contributed by atoms with E-state index in [1.165, 1.54) is 12.8 Å². The predicted molar refractivity (Wildman–Crippen MR) is 83.4 cm³/mol. The zero-order valence-corrected chi connectivity index (χ0v) is 14.0. The summed E-state index contributed by atoms with van der Waals surface area (Å²) in [6, 6.07) is 3.85. The van der Waals surface area contributed by atoms with Crippen LogP contribution in [0.1, 0.15) is 24.8 Å². The molecular weight excluding hydrogens is 374 g/mol. The first-order chi connectivity index (χ1) is 9.16. The lowest BCUT2D eigenvalue weighted by molar-refractivity contribution is 0.122. The highest BCUT2D eigenvalue weighted by molar-refractivity contribution is 9.11. The van der Waals surface area contributed by atoms with E-state index in [1.807, 2.05) is 12.1 Å². The number of halogens is 2. The van der Waals surface area contributed by atoms with Crippen LogP contribution in [0.2, 0.25) is 0 Å². The third kappa shape index (κ3) is 5.42. The first-order valence-electron chi connectivity index (χ1n) is 6.62. The van der Waals surface area contributed by atoms with Gasteiger partial charge in [0.05, 0.1) is 8.95 Å². The first-order valence-corrected chi connectivity index (χ1v) is 8.21. The summed E-state index contributed by atoms with van der Waals surface area (Å²) in [6.45, 7) is 3.52. The average Bonchev–Trinajstić information content (AvgIpc) is 3.18. The minimum absolute atomic E-state index is 0.247. The number of hydrogen-bond donors (Lipinski definition) is 2. The minimum atomic E-state index is 0.247. The van der Waals surface area contributed by atoms with E-state index in [4.69, 9.17) is 4.74 Å². The summed E-state index contributed by atoms with van der Waals surface area (Å²) in [5.74, 6) is 1.09. The lowest BCUT2D eigenvalue weighted by Crippen LogP contribution is -2.16. The van der Waals surface area contributed by atoms with Crippen molar-refractivity contribution in [2.75, 3.05) is 19.8 Å². The zero-order chi connectivity index (χ0) is 13.7. The Balaban J connectivity index is 1.59. The smallest absolute Gasteiger partial charge is 0.143 e. The molecule has 0 aliphatic heterocycles. The summed E-state index contributed by atoms with van der Waals surface area (Å²) < 4.78 is 7.00. The summed E-state index contributed by atoms with van der Waals surface area (Å²) in [7, 11) is 0. The third-order valence-electron chi connectivity index (χ3n) is 3.10. The number of nitrogens with one attached hydrogen (secondary N) is 1. The summed E-state index contributed by atoms with van der Waals surface area (Å²) in [4.78, 5) is 0. The molecule has 3 nitrogen and oxygen atoms in total. The quantitative estimate of drug-likeness (QED) is 0.660. The maximum Gasteiger partial charge on any atom is 0.143 e. The molecule has 1 aromatic carbocycles. The molecule has 19 heavy (non-hydrogen) atoms. The van der Waals surface area contributed by atoms with Crippen molar-refractivity contribution in [3.63, 3.8) is 0 Å². The highest BCUT2D eigenvalue weighted by atomic mass is 79.9. The number of benzene rings is 1. The van der Waals surface area contributed by atoms with Gasteiger partial charge in [-0.2, -0.15) is 0 Å². The highest BCUT2D eigenvalue weighted by Gasteiger charge is 2.20. The second-order valence-corrected chi connectivity index (χ2v) is 6.67. The number of aromatic hydroxyl groups is 1. The number of hydrogen-bond acceptors (Lipinski definition) is 3. The maximum atomic E-state index is 9.62. The molecule has 1 aliphatic rings. The summed E-state index contributed by atoms with van der Waals surface area (Å²) >= 11 is 6.66. The van der Waals surface area contributed by atoms with E-state index in [1.54, 1.807) is 0 Å². The SMILES string of the molecule is Oc1c(Br)cc(CNCCCOCC2CC2)cc1Br. The van der Waals surface area contributed by atoms with Crippen LogP contribution in [-0.4, -0.2) is 24.9 Å². The largest absolute Gasteiger partial charge is 0.506 e. The minimum Gasteiger partial charge on any atom is -0.506 e. The standard InChI is InChI=1S/C14H19Br2NO2/c15-12-6-11(7-13(16)14(12)18)8-17-4-1-5-19-9-10-2-3-10/h6-7,10,17-18H,1-5,8-9H2. The van der Waals surface area contributed by atoms with Crippen molar-refractivity contribution in [1.29, 1.82) is 0 Å². The van der Waals surface area contributed by atoms with Gasteiger partial charge in [0.2, 0.25) is 0 Å². The van der Waals surface area contributed by atoms with E-state index < -0.39 is 0 Å². The van der Waals surface area contributed by atoms with Gasteiger partial charge in [-0.1, -0.05) is 0 Å². The van der Waals surface area contributed by atoms with Gasteiger partial charge < -0.3 is 15.2 Å². The topological polar surface area (TPSA) is 41.5 Å². The van der Waals surface area contributed by atoms with Gasteiger partial charge in [-0.25, -0.2) is 0 Å². The van der Waals surface area contributed by atoms with Crippen LogP contribution < -0.4 is 5.32 Å². The second-order valence-electron chi connectivity index (χ2n) is 4.96. The van der Waals surface area contributed by atoms with Crippen LogP contribution in [-0.2, 0) is 11.3 Å². The fourth-order valence-corrected chi connectivity index (χ4v) is 3.07. The highest BCUT2D eigenvalue weighted by Crippen LogP contribution is 2.33. The van der Waals surface area contributed by atoms with E-state index in [9.17, 15) is 5.11 Å². The third-order valence-corrected chi connectivity index (χ3v) is 4.31. The Hall–Kier alpha value is -0.100. The van der Waals surface area contributed by atoms with Gasteiger partial charge in [-0.05, 0) is 81.3 Å². The molecule has 0 saturated heterocycles. The van der Waals surface area contributed by atoms with Crippen LogP contribution in [0.15, 0.2) is 21.1 Å². The van der Waals surface area contributed by atoms with E-state index in [2.05, 4.69) is 37.2 Å². The predicted octanol–water partition coefficient (Wildman–Crippen LogP) is 3.82. The molecule has 1 aromatic rings. The number of phenols is 1. The monoisotopic (exact) mass is 391 g/mol. The van der Waals surface area contributed by atoms with E-state index >= 15 is 0 Å². The van der Waals surface area contributed by atoms with Gasteiger partial charge in [-0.15, -0.1) is 0 Å². The number of ether oxygens (including phenoxy) is 1. The molecule has 1 fully saturated rings. The van der Waals surface area contributed by atoms with E-state index in [0.29, 0.717) is 8.95 Å². The van der Waals surface area contributed by atoms with Crippen LogP contribution in [0.3, 0.4) is 0 Å². The van der Waals surface area contributed by atoms with Crippen LogP contribution in [0.4, 0.5) is 0 Å². The van der Waals surface area contributed by atoms with Crippen LogP contribution >= 0.6 is 31.9 Å². The average molecular weight is 393 g/mol. The molecule has 0 amide bonds. The molecule has 0 spiro atoms. The van der Waals surface area contributed by atoms with Gasteiger partial charge in [-0.3, -0.25) is 0 Å². The van der Waals surface area contributed by atoms with E-state index in [0.717, 1.165) is 44.2 Å². The number of rotatable bonds is 8. The molecule has 2 rings (SSSR count). The van der Waals surface area contributed by atoms with Crippen LogP contribution in [0.5, 0.6) is 5.75 Å². The van der Waals surface area contributed by atoms with Gasteiger partial charge in [0, 0.05) is 19.8 Å². The van der Waals surface area contributed by atoms with Crippen molar-refractivity contribution < 1.29 is 9.84 Å². The van der Waals surface area contributed by atoms with E-state index in [-0.39, 0.29) is 5.75 Å². The van der Waals surface area contributed by atoms with Gasteiger partial charge >= 0.3 is 0 Å². The molecule has 0 unspecified atom stereocenters. The lowest BCUT2D eigenvalue weighted by atomic mass is 10.2. The maximum absolute atomic E-state index is 9.62. The molecular formula is C14H19Br2NO2. The molecule has 1 aliphatic carbocycles. The van der Waals surface area contributed by atoms with Crippen molar-refractivity contribution in [2.45, 2.75) is 25.8 Å². The molecule has 0 heterocycles. The van der Waals surface area contributed by atoms with Gasteiger partial charge in [0.25, 0.3) is 0 Å². The molecule has 0 bridgehead atoms. The van der Waals surface area contributed by atoms with Crippen molar-refractivity contribution in [1.82, 2.24) is 5.32 Å². The Kier molecular flexibility index (Phi) is 6.13. The number of phenolic OH excluding ortho intramolecular Hbond substituents is 1. The Labute approximate surface area is 131 Å². The fourth-order valence-electron chi connectivity index (χ4n) is 1.79. The molecule has 2 N–H and O–H groups in total. The Bertz CT molecular complexity index is 399. The lowest BCUT2D eigenvalue weighted by Gasteiger charge is -2.08. The summed E-state index contributed by atoms with van der Waals surface area (Å²) in [6.07, 6.45) is 3.73. The van der Waals surface area contributed by atoms with Crippen molar-refractivity contribution in [3.8, 4) is 5.75 Å². The zero-order valence-electron chi connectivity index (χ0n) is 10.8. The molecule has 106 valence electrons. The molecule has 1 saturated carbocycles. The molecule has 5 heteroatoms. The van der Waals surface area contributed by atoms with Gasteiger partial charge in [0.15, 0.2) is 0 Å². The Morgan fingerprint density at radius 3 is 2.58 bits per heavy atom. The molecule has 0 atom stereocenters. The van der Waals surface area contributed by atoms with Crippen LogP contribution in [0, 0.1) is 5.92 Å². The van der Waals surface area contributed by atoms with Gasteiger partial charge in [0.1, 0.15) is 5.75 Å². The Morgan fingerprint density at radius 2 is 1.95 bits per heavy atom. The molecule has 0 radical (unpaired) electrons. The second kappa shape index (κ2) is 7.62. The van der Waals surface area contributed by atoms with Crippen molar-refractivity contribution in [3.05, 3.63) is 26.6 Å². The summed E-state index contributed by atoms with van der Waals surface area (Å²) in [5, 5.41) is 13.0. The normalized spacial score (nSPS) is 14.8. The Morgan fingerprint density at radius 1 is 1.26 bits per heavy atom.